The molecule has 0 saturated carbocycles. The van der Waals surface area contributed by atoms with Crippen LogP contribution >= 0.6 is 11.6 Å². The topological polar surface area (TPSA) is 116 Å². The molecule has 0 aromatic heterocycles. The molecule has 0 heterocycles. The lowest BCUT2D eigenvalue weighted by molar-refractivity contribution is -0.148. The van der Waals surface area contributed by atoms with Crippen LogP contribution in [0.25, 0.3) is 6.08 Å². The van der Waals surface area contributed by atoms with Crippen molar-refractivity contribution >= 4 is 45.3 Å². The van der Waals surface area contributed by atoms with Crippen LogP contribution < -0.4 is 10.5 Å². The van der Waals surface area contributed by atoms with E-state index < -0.39 is 28.0 Å². The van der Waals surface area contributed by atoms with E-state index in [0.717, 1.165) is 6.08 Å². The summed E-state index contributed by atoms with van der Waals surface area (Å²) in [5, 5.41) is 0.282. The standard InChI is InChI=1S/C18H17ClN2O5S/c1-12(18(20)23)26-17(22)11-8-13-6-9-14(10-7-13)27(24,25)21-16-5-3-2-4-15(16)19/h2-12,21H,1H3,(H2,20,23)/b11-8+/t12-/m1/s1. The number of halogens is 1. The van der Waals surface area contributed by atoms with Crippen LogP contribution in [-0.4, -0.2) is 26.4 Å². The molecule has 0 aliphatic rings. The maximum Gasteiger partial charge on any atom is 0.331 e. The van der Waals surface area contributed by atoms with Gasteiger partial charge in [-0.2, -0.15) is 0 Å². The predicted octanol–water partition coefficient (Wildman–Crippen LogP) is 2.57. The fraction of sp³-hybridized carbons (Fsp3) is 0.111. The van der Waals surface area contributed by atoms with Crippen molar-refractivity contribution in [1.29, 1.82) is 0 Å². The Morgan fingerprint density at radius 3 is 2.37 bits per heavy atom. The Morgan fingerprint density at radius 1 is 1.15 bits per heavy atom. The van der Waals surface area contributed by atoms with Gasteiger partial charge in [0.2, 0.25) is 0 Å². The van der Waals surface area contributed by atoms with Gasteiger partial charge in [0.05, 0.1) is 15.6 Å². The van der Waals surface area contributed by atoms with Crippen molar-refractivity contribution in [2.24, 2.45) is 5.73 Å². The summed E-state index contributed by atoms with van der Waals surface area (Å²) in [6.07, 6.45) is 1.50. The second-order valence-electron chi connectivity index (χ2n) is 5.47. The number of nitrogens with one attached hydrogen (secondary N) is 1. The van der Waals surface area contributed by atoms with Crippen LogP contribution in [0.4, 0.5) is 5.69 Å². The fourth-order valence-electron chi connectivity index (χ4n) is 1.94. The zero-order chi connectivity index (χ0) is 20.0. The van der Waals surface area contributed by atoms with E-state index in [4.69, 9.17) is 22.1 Å². The van der Waals surface area contributed by atoms with Crippen molar-refractivity contribution < 1.29 is 22.7 Å². The second-order valence-corrected chi connectivity index (χ2v) is 7.56. The number of benzene rings is 2. The average molecular weight is 409 g/mol. The normalized spacial score (nSPS) is 12.5. The number of ether oxygens (including phenoxy) is 1. The van der Waals surface area contributed by atoms with Gasteiger partial charge < -0.3 is 10.5 Å². The van der Waals surface area contributed by atoms with Gasteiger partial charge in [-0.25, -0.2) is 13.2 Å². The van der Waals surface area contributed by atoms with E-state index >= 15 is 0 Å². The summed E-state index contributed by atoms with van der Waals surface area (Å²) in [4.78, 5) is 22.4. The third-order valence-corrected chi connectivity index (χ3v) is 5.13. The molecular formula is C18H17ClN2O5S. The maximum absolute atomic E-state index is 12.4. The van der Waals surface area contributed by atoms with Crippen LogP contribution in [0.1, 0.15) is 12.5 Å². The van der Waals surface area contributed by atoms with Crippen LogP contribution in [0.2, 0.25) is 5.02 Å². The van der Waals surface area contributed by atoms with E-state index in [-0.39, 0.29) is 15.6 Å². The number of sulfonamides is 1. The fourth-order valence-corrected chi connectivity index (χ4v) is 3.26. The number of carbonyl (C=O) groups excluding carboxylic acids is 2. The quantitative estimate of drug-likeness (QED) is 0.539. The molecule has 0 spiro atoms. The van der Waals surface area contributed by atoms with Crippen molar-refractivity contribution in [2.75, 3.05) is 4.72 Å². The zero-order valence-electron chi connectivity index (χ0n) is 14.3. The average Bonchev–Trinajstić information content (AvgIpc) is 2.62. The molecule has 1 amide bonds. The van der Waals surface area contributed by atoms with Crippen molar-refractivity contribution in [3.63, 3.8) is 0 Å². The van der Waals surface area contributed by atoms with E-state index in [2.05, 4.69) is 4.72 Å². The molecule has 2 aromatic carbocycles. The Labute approximate surface area is 161 Å². The number of carbonyl (C=O) groups is 2. The highest BCUT2D eigenvalue weighted by Gasteiger charge is 2.15. The summed E-state index contributed by atoms with van der Waals surface area (Å²) >= 11 is 5.96. The van der Waals surface area contributed by atoms with Gasteiger partial charge in [-0.3, -0.25) is 9.52 Å². The van der Waals surface area contributed by atoms with Crippen LogP contribution in [-0.2, 0) is 24.3 Å². The molecule has 2 rings (SSSR count). The Morgan fingerprint density at radius 2 is 1.78 bits per heavy atom. The molecule has 0 bridgehead atoms. The van der Waals surface area contributed by atoms with Crippen molar-refractivity contribution in [3.8, 4) is 0 Å². The van der Waals surface area contributed by atoms with Gasteiger partial charge in [0.1, 0.15) is 0 Å². The minimum atomic E-state index is -3.81. The molecule has 0 unspecified atom stereocenters. The summed E-state index contributed by atoms with van der Waals surface area (Å²) in [5.41, 5.74) is 5.84. The van der Waals surface area contributed by atoms with Crippen LogP contribution in [0.5, 0.6) is 0 Å². The Kier molecular flexibility index (Phi) is 6.59. The molecule has 142 valence electrons. The van der Waals surface area contributed by atoms with Crippen LogP contribution in [0.15, 0.2) is 59.5 Å². The lowest BCUT2D eigenvalue weighted by Gasteiger charge is -2.09. The molecule has 2 aromatic rings. The molecule has 1 atom stereocenters. The van der Waals surface area contributed by atoms with Crippen molar-refractivity contribution in [3.05, 3.63) is 65.2 Å². The summed E-state index contributed by atoms with van der Waals surface area (Å²) in [5.74, 6) is -1.49. The second kappa shape index (κ2) is 8.70. The Bertz CT molecular complexity index is 972. The molecule has 0 saturated heterocycles. The molecule has 7 nitrogen and oxygen atoms in total. The van der Waals surface area contributed by atoms with E-state index in [9.17, 15) is 18.0 Å². The smallest absolute Gasteiger partial charge is 0.331 e. The molecule has 0 aliphatic heterocycles. The molecule has 3 N–H and O–H groups in total. The number of rotatable bonds is 7. The van der Waals surface area contributed by atoms with Crippen LogP contribution in [0, 0.1) is 0 Å². The van der Waals surface area contributed by atoms with E-state index in [1.54, 1.807) is 24.3 Å². The first kappa shape index (κ1) is 20.5. The Hall–Kier alpha value is -2.84. The molecule has 0 radical (unpaired) electrons. The number of primary amides is 1. The minimum absolute atomic E-state index is 0.0319. The van der Waals surface area contributed by atoms with E-state index in [1.165, 1.54) is 37.3 Å². The number of anilines is 1. The maximum atomic E-state index is 12.4. The lowest BCUT2D eigenvalue weighted by atomic mass is 10.2. The third kappa shape index (κ3) is 5.83. The number of hydrogen-bond donors (Lipinski definition) is 2. The van der Waals surface area contributed by atoms with Gasteiger partial charge in [0, 0.05) is 6.08 Å². The number of esters is 1. The summed E-state index contributed by atoms with van der Waals surface area (Å²) in [7, 11) is -3.81. The van der Waals surface area contributed by atoms with Gasteiger partial charge in [0.25, 0.3) is 15.9 Å². The van der Waals surface area contributed by atoms with Gasteiger partial charge in [-0.1, -0.05) is 35.9 Å². The predicted molar refractivity (Wildman–Crippen MR) is 102 cm³/mol. The first-order valence-corrected chi connectivity index (χ1v) is 9.60. The minimum Gasteiger partial charge on any atom is -0.449 e. The third-order valence-electron chi connectivity index (χ3n) is 3.41. The highest BCUT2D eigenvalue weighted by molar-refractivity contribution is 7.92. The number of amides is 1. The monoisotopic (exact) mass is 408 g/mol. The van der Waals surface area contributed by atoms with Crippen molar-refractivity contribution in [2.45, 2.75) is 17.9 Å². The van der Waals surface area contributed by atoms with Gasteiger partial charge in [0.15, 0.2) is 6.10 Å². The largest absolute Gasteiger partial charge is 0.449 e. The van der Waals surface area contributed by atoms with Crippen LogP contribution in [0.3, 0.4) is 0 Å². The van der Waals surface area contributed by atoms with E-state index in [0.29, 0.717) is 5.56 Å². The summed E-state index contributed by atoms with van der Waals surface area (Å²) < 4.78 is 32.0. The molecule has 0 fully saturated rings. The summed E-state index contributed by atoms with van der Waals surface area (Å²) in [6.45, 7) is 1.36. The molecular weight excluding hydrogens is 392 g/mol. The first-order chi connectivity index (χ1) is 12.7. The highest BCUT2D eigenvalue weighted by Crippen LogP contribution is 2.24. The molecule has 27 heavy (non-hydrogen) atoms. The van der Waals surface area contributed by atoms with Gasteiger partial charge >= 0.3 is 5.97 Å². The molecule has 0 aliphatic carbocycles. The van der Waals surface area contributed by atoms with E-state index in [1.807, 2.05) is 0 Å². The molecule has 9 heteroatoms. The first-order valence-electron chi connectivity index (χ1n) is 7.74. The summed E-state index contributed by atoms with van der Waals surface area (Å²) in [6, 6.07) is 12.3. The number of nitrogens with two attached hydrogens (primary N) is 1. The van der Waals surface area contributed by atoms with Gasteiger partial charge in [-0.05, 0) is 42.8 Å². The Balaban J connectivity index is 2.08. The van der Waals surface area contributed by atoms with Gasteiger partial charge in [-0.15, -0.1) is 0 Å². The SMILES string of the molecule is C[C@@H](OC(=O)/C=C/c1ccc(S(=O)(=O)Nc2ccccc2Cl)cc1)C(N)=O. The van der Waals surface area contributed by atoms with Crippen molar-refractivity contribution in [1.82, 2.24) is 0 Å². The number of para-hydroxylation sites is 1. The zero-order valence-corrected chi connectivity index (χ0v) is 15.8. The highest BCUT2D eigenvalue weighted by atomic mass is 35.5. The number of hydrogen-bond acceptors (Lipinski definition) is 5. The lowest BCUT2D eigenvalue weighted by Crippen LogP contribution is -2.29.